The van der Waals surface area contributed by atoms with Crippen molar-refractivity contribution in [1.82, 2.24) is 9.80 Å². The first-order chi connectivity index (χ1) is 11.6. The van der Waals surface area contributed by atoms with Crippen LogP contribution in [0.1, 0.15) is 6.42 Å². The summed E-state index contributed by atoms with van der Waals surface area (Å²) in [6.07, 6.45) is 0.332. The van der Waals surface area contributed by atoms with Crippen LogP contribution < -0.4 is 14.8 Å². The van der Waals surface area contributed by atoms with Gasteiger partial charge in [0, 0.05) is 50.1 Å². The Hall–Kier alpha value is -2.64. The predicted molar refractivity (Wildman–Crippen MR) is 88.7 cm³/mol. The minimum absolute atomic E-state index is 0.225. The highest BCUT2D eigenvalue weighted by molar-refractivity contribution is 5.90. The molecule has 1 aromatic carbocycles. The Morgan fingerprint density at radius 2 is 1.50 bits per heavy atom. The minimum atomic E-state index is -0.366. The van der Waals surface area contributed by atoms with Crippen molar-refractivity contribution in [3.8, 4) is 11.5 Å². The number of hydrogen-bond acceptors (Lipinski definition) is 5. The van der Waals surface area contributed by atoms with Crippen LogP contribution in [-0.4, -0.2) is 69.4 Å². The van der Waals surface area contributed by atoms with Crippen molar-refractivity contribution in [1.29, 1.82) is 0 Å². The first-order valence-corrected chi connectivity index (χ1v) is 7.69. The molecule has 1 aliphatic rings. The van der Waals surface area contributed by atoms with E-state index in [4.69, 9.17) is 14.2 Å². The van der Waals surface area contributed by atoms with Crippen molar-refractivity contribution in [3.63, 3.8) is 0 Å². The first kappa shape index (κ1) is 17.7. The molecule has 0 saturated carbocycles. The van der Waals surface area contributed by atoms with Gasteiger partial charge >= 0.3 is 12.1 Å². The number of anilines is 1. The average molecular weight is 337 g/mol. The van der Waals surface area contributed by atoms with Crippen molar-refractivity contribution in [3.05, 3.63) is 18.2 Å². The third kappa shape index (κ3) is 4.43. The summed E-state index contributed by atoms with van der Waals surface area (Å²) in [6, 6.07) is 4.95. The van der Waals surface area contributed by atoms with Crippen LogP contribution in [0.4, 0.5) is 15.3 Å². The summed E-state index contributed by atoms with van der Waals surface area (Å²) in [4.78, 5) is 27.3. The van der Waals surface area contributed by atoms with Gasteiger partial charge in [0.05, 0.1) is 21.3 Å². The molecular weight excluding hydrogens is 314 g/mol. The van der Waals surface area contributed by atoms with Gasteiger partial charge in [-0.2, -0.15) is 0 Å². The Morgan fingerprint density at radius 3 is 2.08 bits per heavy atom. The Balaban J connectivity index is 2.01. The number of rotatable bonds is 3. The lowest BCUT2D eigenvalue weighted by molar-refractivity contribution is 0.125. The molecule has 1 N–H and O–H groups in total. The molecule has 0 bridgehead atoms. The van der Waals surface area contributed by atoms with Crippen molar-refractivity contribution >= 4 is 17.8 Å². The van der Waals surface area contributed by atoms with Crippen LogP contribution in [-0.2, 0) is 4.74 Å². The maximum Gasteiger partial charge on any atom is 0.409 e. The zero-order valence-corrected chi connectivity index (χ0v) is 14.2. The standard InChI is InChI=1S/C16H23N3O5/c1-22-13-9-12(10-14(11-13)23-2)17-15(20)18-5-4-6-19(8-7-18)16(21)24-3/h9-11H,4-8H2,1-3H3,(H,17,20). The topological polar surface area (TPSA) is 80.3 Å². The molecule has 1 saturated heterocycles. The fourth-order valence-electron chi connectivity index (χ4n) is 2.51. The molecule has 0 aliphatic carbocycles. The van der Waals surface area contributed by atoms with E-state index in [0.29, 0.717) is 49.8 Å². The van der Waals surface area contributed by atoms with Gasteiger partial charge in [-0.3, -0.25) is 0 Å². The molecule has 0 unspecified atom stereocenters. The average Bonchev–Trinajstić information content (AvgIpc) is 2.86. The molecule has 8 nitrogen and oxygen atoms in total. The first-order valence-electron chi connectivity index (χ1n) is 7.69. The molecule has 0 atom stereocenters. The van der Waals surface area contributed by atoms with Crippen LogP contribution in [0.25, 0.3) is 0 Å². The van der Waals surface area contributed by atoms with Gasteiger partial charge in [-0.1, -0.05) is 0 Å². The van der Waals surface area contributed by atoms with Gasteiger partial charge in [-0.15, -0.1) is 0 Å². The molecule has 1 aromatic rings. The second kappa shape index (κ2) is 8.28. The largest absolute Gasteiger partial charge is 0.497 e. The van der Waals surface area contributed by atoms with Crippen molar-refractivity contribution in [2.45, 2.75) is 6.42 Å². The summed E-state index contributed by atoms with van der Waals surface area (Å²) in [5.41, 5.74) is 0.588. The molecule has 0 aromatic heterocycles. The van der Waals surface area contributed by atoms with E-state index in [0.717, 1.165) is 0 Å². The zero-order valence-electron chi connectivity index (χ0n) is 14.2. The number of nitrogens with one attached hydrogen (secondary N) is 1. The van der Waals surface area contributed by atoms with Crippen molar-refractivity contribution in [2.75, 3.05) is 52.8 Å². The van der Waals surface area contributed by atoms with Crippen molar-refractivity contribution < 1.29 is 23.8 Å². The van der Waals surface area contributed by atoms with Gasteiger partial charge in [0.15, 0.2) is 0 Å². The lowest BCUT2D eigenvalue weighted by Crippen LogP contribution is -2.39. The molecule has 1 aliphatic heterocycles. The number of nitrogens with zero attached hydrogens (tertiary/aromatic N) is 2. The number of ether oxygens (including phenoxy) is 3. The Labute approximate surface area is 141 Å². The van der Waals surface area contributed by atoms with Crippen LogP contribution in [0.15, 0.2) is 18.2 Å². The molecule has 24 heavy (non-hydrogen) atoms. The normalized spacial score (nSPS) is 14.6. The van der Waals surface area contributed by atoms with E-state index in [9.17, 15) is 9.59 Å². The maximum absolute atomic E-state index is 12.5. The molecule has 0 spiro atoms. The molecule has 132 valence electrons. The number of hydrogen-bond donors (Lipinski definition) is 1. The number of methoxy groups -OCH3 is 3. The van der Waals surface area contributed by atoms with Crippen LogP contribution >= 0.6 is 0 Å². The summed E-state index contributed by atoms with van der Waals surface area (Å²) in [5, 5.41) is 2.84. The molecule has 1 heterocycles. The summed E-state index contributed by atoms with van der Waals surface area (Å²) < 4.78 is 15.1. The third-order valence-electron chi connectivity index (χ3n) is 3.82. The van der Waals surface area contributed by atoms with Crippen LogP contribution in [0, 0.1) is 0 Å². The van der Waals surface area contributed by atoms with Crippen LogP contribution in [0.2, 0.25) is 0 Å². The number of amides is 3. The Kier molecular flexibility index (Phi) is 6.11. The second-order valence-electron chi connectivity index (χ2n) is 5.33. The van der Waals surface area contributed by atoms with Gasteiger partial charge in [-0.25, -0.2) is 9.59 Å². The van der Waals surface area contributed by atoms with Gasteiger partial charge in [-0.05, 0) is 6.42 Å². The Morgan fingerprint density at radius 1 is 0.917 bits per heavy atom. The monoisotopic (exact) mass is 337 g/mol. The predicted octanol–water partition coefficient (Wildman–Crippen LogP) is 2.01. The zero-order chi connectivity index (χ0) is 17.5. The number of urea groups is 1. The summed E-state index contributed by atoms with van der Waals surface area (Å²) in [5.74, 6) is 1.19. The van der Waals surface area contributed by atoms with Crippen LogP contribution in [0.5, 0.6) is 11.5 Å². The quantitative estimate of drug-likeness (QED) is 0.912. The van der Waals surface area contributed by atoms with Crippen LogP contribution in [0.3, 0.4) is 0 Å². The fraction of sp³-hybridized carbons (Fsp3) is 0.500. The van der Waals surface area contributed by atoms with E-state index >= 15 is 0 Å². The van der Waals surface area contributed by atoms with Gasteiger partial charge in [0.25, 0.3) is 0 Å². The summed E-state index contributed by atoms with van der Waals surface area (Å²) in [7, 11) is 4.46. The molecule has 1 fully saturated rings. The number of carbonyl (C=O) groups excluding carboxylic acids is 2. The second-order valence-corrected chi connectivity index (χ2v) is 5.33. The van der Waals surface area contributed by atoms with E-state index in [1.54, 1.807) is 42.2 Å². The summed E-state index contributed by atoms with van der Waals surface area (Å²) >= 11 is 0. The van der Waals surface area contributed by atoms with E-state index in [-0.39, 0.29) is 12.1 Å². The van der Waals surface area contributed by atoms with Gasteiger partial charge in [0.2, 0.25) is 0 Å². The molecular formula is C16H23N3O5. The smallest absolute Gasteiger partial charge is 0.409 e. The maximum atomic E-state index is 12.5. The van der Waals surface area contributed by atoms with E-state index in [2.05, 4.69) is 5.32 Å². The van der Waals surface area contributed by atoms with E-state index < -0.39 is 0 Å². The lowest BCUT2D eigenvalue weighted by atomic mass is 10.2. The lowest BCUT2D eigenvalue weighted by Gasteiger charge is -2.22. The highest BCUT2D eigenvalue weighted by Gasteiger charge is 2.22. The van der Waals surface area contributed by atoms with Gasteiger partial charge in [0.1, 0.15) is 11.5 Å². The summed E-state index contributed by atoms with van der Waals surface area (Å²) in [6.45, 7) is 2.04. The molecule has 3 amide bonds. The Bertz CT molecular complexity index is 571. The van der Waals surface area contributed by atoms with Crippen molar-refractivity contribution in [2.24, 2.45) is 0 Å². The number of carbonyl (C=O) groups is 2. The molecule has 8 heteroatoms. The minimum Gasteiger partial charge on any atom is -0.497 e. The molecule has 0 radical (unpaired) electrons. The SMILES string of the molecule is COC(=O)N1CCCN(C(=O)Nc2cc(OC)cc(OC)c2)CC1. The number of benzene rings is 1. The third-order valence-corrected chi connectivity index (χ3v) is 3.82. The van der Waals surface area contributed by atoms with Gasteiger partial charge < -0.3 is 29.3 Å². The highest BCUT2D eigenvalue weighted by atomic mass is 16.5. The molecule has 2 rings (SSSR count). The fourth-order valence-corrected chi connectivity index (χ4v) is 2.51. The highest BCUT2D eigenvalue weighted by Crippen LogP contribution is 2.26. The van der Waals surface area contributed by atoms with E-state index in [1.165, 1.54) is 7.11 Å². The van der Waals surface area contributed by atoms with E-state index in [1.807, 2.05) is 0 Å².